The topological polar surface area (TPSA) is 119 Å². The highest BCUT2D eigenvalue weighted by molar-refractivity contribution is 5.79. The van der Waals surface area contributed by atoms with Gasteiger partial charge in [-0.15, -0.1) is 0 Å². The quantitative estimate of drug-likeness (QED) is 0.632. The van der Waals surface area contributed by atoms with E-state index >= 15 is 0 Å². The normalized spacial score (nSPS) is 13.2. The molecule has 0 atom stereocenters. The number of hydrogen-bond acceptors (Lipinski definition) is 7. The van der Waals surface area contributed by atoms with Crippen LogP contribution in [0.25, 0.3) is 0 Å². The Bertz CT molecular complexity index is 928. The van der Waals surface area contributed by atoms with Crippen molar-refractivity contribution in [1.82, 2.24) is 0 Å². The van der Waals surface area contributed by atoms with Gasteiger partial charge in [-0.2, -0.15) is 0 Å². The molecule has 3 rings (SSSR count). The summed E-state index contributed by atoms with van der Waals surface area (Å²) in [7, 11) is 1.55. The summed E-state index contributed by atoms with van der Waals surface area (Å²) in [5.74, 6) is 0.659. The van der Waals surface area contributed by atoms with E-state index in [1.807, 2.05) is 18.2 Å². The first-order valence-electron chi connectivity index (χ1n) is 8.34. The average Bonchev–Trinajstić information content (AvgIpc) is 2.66. The third-order valence-corrected chi connectivity index (χ3v) is 4.91. The summed E-state index contributed by atoms with van der Waals surface area (Å²) in [5, 5.41) is 32.8. The average molecular weight is 373 g/mol. The Balaban J connectivity index is 2.17. The molecule has 1 aliphatic heterocycles. The maximum Gasteiger partial charge on any atom is 0.302 e. The maximum absolute atomic E-state index is 11.7. The van der Waals surface area contributed by atoms with Crippen LogP contribution in [0.15, 0.2) is 24.3 Å². The molecule has 1 aliphatic rings. The number of aliphatic hydroxyl groups excluding tert-OH is 1. The summed E-state index contributed by atoms with van der Waals surface area (Å²) in [6, 6.07) is 6.85. The van der Waals surface area contributed by atoms with Crippen LogP contribution in [-0.4, -0.2) is 28.6 Å². The van der Waals surface area contributed by atoms with Crippen LogP contribution in [0, 0.1) is 27.2 Å². The van der Waals surface area contributed by atoms with Crippen LogP contribution >= 0.6 is 0 Å². The molecule has 0 spiro atoms. The molecule has 0 unspecified atom stereocenters. The Kier molecular flexibility index (Phi) is 4.95. The van der Waals surface area contributed by atoms with Crippen molar-refractivity contribution in [3.05, 3.63) is 66.7 Å². The van der Waals surface area contributed by atoms with Crippen LogP contribution < -0.4 is 9.64 Å². The molecule has 0 aromatic heterocycles. The summed E-state index contributed by atoms with van der Waals surface area (Å²) >= 11 is 0. The molecule has 1 heterocycles. The number of hydrogen-bond donors (Lipinski definition) is 1. The lowest BCUT2D eigenvalue weighted by Crippen LogP contribution is -2.31. The minimum Gasteiger partial charge on any atom is -0.497 e. The second-order valence-corrected chi connectivity index (χ2v) is 6.36. The van der Waals surface area contributed by atoms with Crippen molar-refractivity contribution in [2.75, 3.05) is 18.6 Å². The Labute approximate surface area is 155 Å². The van der Waals surface area contributed by atoms with E-state index in [2.05, 4.69) is 0 Å². The number of fused-ring (bicyclic) bond motifs is 1. The third kappa shape index (κ3) is 3.28. The van der Waals surface area contributed by atoms with E-state index in [1.165, 1.54) is 13.0 Å². The van der Waals surface area contributed by atoms with Crippen LogP contribution in [0.5, 0.6) is 5.75 Å². The second-order valence-electron chi connectivity index (χ2n) is 6.36. The highest BCUT2D eigenvalue weighted by Crippen LogP contribution is 2.43. The van der Waals surface area contributed by atoms with Crippen molar-refractivity contribution < 1.29 is 19.7 Å². The predicted molar refractivity (Wildman–Crippen MR) is 98.2 cm³/mol. The summed E-state index contributed by atoms with van der Waals surface area (Å²) in [6.07, 6.45) is 0.606. The van der Waals surface area contributed by atoms with Gasteiger partial charge in [-0.25, -0.2) is 0 Å². The molecule has 2 aromatic rings. The van der Waals surface area contributed by atoms with Crippen molar-refractivity contribution in [2.45, 2.75) is 26.5 Å². The summed E-state index contributed by atoms with van der Waals surface area (Å²) in [4.78, 5) is 23.8. The Hall–Kier alpha value is -3.20. The molecule has 0 saturated heterocycles. The highest BCUT2D eigenvalue weighted by atomic mass is 16.6. The fourth-order valence-corrected chi connectivity index (χ4v) is 3.48. The fraction of sp³-hybridized carbons (Fsp3) is 0.333. The standard InChI is InChI=1S/C18H19N3O6/c1-11-14(10-22)8-16(20(23)24)18(17(11)21(25)26)19-6-5-12-3-4-15(27-2)7-13(12)9-19/h3-4,7-8,22H,5-6,9-10H2,1-2H3. The molecular formula is C18H19N3O6. The first-order valence-corrected chi connectivity index (χ1v) is 8.34. The van der Waals surface area contributed by atoms with Gasteiger partial charge < -0.3 is 14.7 Å². The van der Waals surface area contributed by atoms with Crippen molar-refractivity contribution >= 4 is 17.1 Å². The first kappa shape index (κ1) is 18.6. The Morgan fingerprint density at radius 2 is 1.93 bits per heavy atom. The molecule has 142 valence electrons. The number of nitro groups is 2. The van der Waals surface area contributed by atoms with E-state index in [4.69, 9.17) is 4.74 Å². The molecule has 1 N–H and O–H groups in total. The van der Waals surface area contributed by atoms with Gasteiger partial charge in [-0.1, -0.05) is 6.07 Å². The van der Waals surface area contributed by atoms with Crippen molar-refractivity contribution in [2.24, 2.45) is 0 Å². The van der Waals surface area contributed by atoms with Crippen molar-refractivity contribution in [3.63, 3.8) is 0 Å². The second kappa shape index (κ2) is 7.20. The van der Waals surface area contributed by atoms with Crippen LogP contribution in [-0.2, 0) is 19.6 Å². The summed E-state index contributed by atoms with van der Waals surface area (Å²) < 4.78 is 5.23. The van der Waals surface area contributed by atoms with Gasteiger partial charge in [0, 0.05) is 24.7 Å². The number of ether oxygens (including phenoxy) is 1. The van der Waals surface area contributed by atoms with E-state index in [0.29, 0.717) is 25.3 Å². The van der Waals surface area contributed by atoms with E-state index in [0.717, 1.165) is 11.1 Å². The third-order valence-electron chi connectivity index (χ3n) is 4.91. The zero-order valence-electron chi connectivity index (χ0n) is 15.0. The van der Waals surface area contributed by atoms with Crippen LogP contribution in [0.3, 0.4) is 0 Å². The molecule has 0 bridgehead atoms. The summed E-state index contributed by atoms with van der Waals surface area (Å²) in [6.45, 7) is 1.71. The first-order chi connectivity index (χ1) is 12.9. The zero-order valence-corrected chi connectivity index (χ0v) is 15.0. The van der Waals surface area contributed by atoms with Crippen molar-refractivity contribution in [3.8, 4) is 5.75 Å². The van der Waals surface area contributed by atoms with Gasteiger partial charge >= 0.3 is 5.69 Å². The minimum atomic E-state index is -0.637. The molecule has 27 heavy (non-hydrogen) atoms. The number of aliphatic hydroxyl groups is 1. The summed E-state index contributed by atoms with van der Waals surface area (Å²) in [5.41, 5.74) is 1.68. The lowest BCUT2D eigenvalue weighted by molar-refractivity contribution is -0.393. The van der Waals surface area contributed by atoms with Crippen LogP contribution in [0.2, 0.25) is 0 Å². The van der Waals surface area contributed by atoms with E-state index in [-0.39, 0.29) is 28.2 Å². The molecule has 9 nitrogen and oxygen atoms in total. The number of nitro benzene ring substituents is 2. The molecule has 9 heteroatoms. The number of benzene rings is 2. The van der Waals surface area contributed by atoms with Crippen LogP contribution in [0.1, 0.15) is 22.3 Å². The van der Waals surface area contributed by atoms with E-state index < -0.39 is 16.5 Å². The maximum atomic E-state index is 11.7. The SMILES string of the molecule is COc1ccc2c(c1)CN(c1c([N+](=O)[O-])cc(CO)c(C)c1[N+](=O)[O-])CC2. The Morgan fingerprint density at radius 3 is 2.52 bits per heavy atom. The molecular weight excluding hydrogens is 354 g/mol. The van der Waals surface area contributed by atoms with Gasteiger partial charge in [0.25, 0.3) is 5.69 Å². The molecule has 0 fully saturated rings. The van der Waals surface area contributed by atoms with Gasteiger partial charge in [0.05, 0.1) is 23.6 Å². The van der Waals surface area contributed by atoms with Gasteiger partial charge in [0.15, 0.2) is 5.69 Å². The highest BCUT2D eigenvalue weighted by Gasteiger charge is 2.35. The molecule has 0 amide bonds. The van der Waals surface area contributed by atoms with Gasteiger partial charge in [0.1, 0.15) is 5.75 Å². The predicted octanol–water partition coefficient (Wildman–Crippen LogP) is 2.88. The number of anilines is 1. The van der Waals surface area contributed by atoms with Crippen molar-refractivity contribution in [1.29, 1.82) is 0 Å². The molecule has 0 radical (unpaired) electrons. The molecule has 2 aromatic carbocycles. The van der Waals surface area contributed by atoms with E-state index in [9.17, 15) is 25.3 Å². The zero-order chi connectivity index (χ0) is 19.7. The minimum absolute atomic E-state index is 0.0202. The van der Waals surface area contributed by atoms with Gasteiger partial charge in [-0.3, -0.25) is 20.2 Å². The van der Waals surface area contributed by atoms with Crippen LogP contribution in [0.4, 0.5) is 17.1 Å². The smallest absolute Gasteiger partial charge is 0.302 e. The number of rotatable bonds is 5. The van der Waals surface area contributed by atoms with Gasteiger partial charge in [0.2, 0.25) is 0 Å². The largest absolute Gasteiger partial charge is 0.497 e. The Morgan fingerprint density at radius 1 is 1.19 bits per heavy atom. The van der Waals surface area contributed by atoms with E-state index in [1.54, 1.807) is 12.0 Å². The fourth-order valence-electron chi connectivity index (χ4n) is 3.48. The van der Waals surface area contributed by atoms with Gasteiger partial charge in [-0.05, 0) is 42.2 Å². The lowest BCUT2D eigenvalue weighted by atomic mass is 9.97. The molecule has 0 aliphatic carbocycles. The number of methoxy groups -OCH3 is 1. The lowest BCUT2D eigenvalue weighted by Gasteiger charge is -2.30. The number of nitrogens with zero attached hydrogens (tertiary/aromatic N) is 3. The molecule has 0 saturated carbocycles. The monoisotopic (exact) mass is 373 g/mol.